The number of ether oxygens (including phenoxy) is 1. The van der Waals surface area contributed by atoms with Crippen LogP contribution in [0.15, 0.2) is 0 Å². The minimum atomic E-state index is 0.669. The summed E-state index contributed by atoms with van der Waals surface area (Å²) in [6, 6.07) is 0. The van der Waals surface area contributed by atoms with Gasteiger partial charge >= 0.3 is 0 Å². The molecule has 2 aliphatic rings. The highest BCUT2D eigenvalue weighted by atomic mass is 16.5. The monoisotopic (exact) mass is 225 g/mol. The minimum absolute atomic E-state index is 0.669. The number of rotatable bonds is 7. The van der Waals surface area contributed by atoms with Gasteiger partial charge in [0.2, 0.25) is 0 Å². The Kier molecular flexibility index (Phi) is 4.66. The number of hydrogen-bond acceptors (Lipinski definition) is 2. The second kappa shape index (κ2) is 6.02. The average molecular weight is 225 g/mol. The van der Waals surface area contributed by atoms with E-state index >= 15 is 0 Å². The van der Waals surface area contributed by atoms with Crippen LogP contribution in [0.2, 0.25) is 0 Å². The molecule has 0 bridgehead atoms. The van der Waals surface area contributed by atoms with Gasteiger partial charge in [0, 0.05) is 20.2 Å². The van der Waals surface area contributed by atoms with Gasteiger partial charge in [-0.15, -0.1) is 0 Å². The Bertz CT molecular complexity index is 195. The van der Waals surface area contributed by atoms with Gasteiger partial charge in [0.05, 0.1) is 6.61 Å². The second-order valence-corrected chi connectivity index (χ2v) is 5.88. The molecule has 1 N–H and O–H groups in total. The Hall–Kier alpha value is -0.0800. The molecule has 2 heteroatoms. The fourth-order valence-electron chi connectivity index (χ4n) is 3.48. The molecule has 0 unspecified atom stereocenters. The molecule has 0 spiro atoms. The molecule has 0 amide bonds. The number of nitrogens with one attached hydrogen (secondary N) is 1. The van der Waals surface area contributed by atoms with Crippen molar-refractivity contribution in [2.24, 2.45) is 11.3 Å². The summed E-state index contributed by atoms with van der Waals surface area (Å²) < 4.78 is 5.08. The van der Waals surface area contributed by atoms with Crippen molar-refractivity contribution >= 4 is 0 Å². The highest BCUT2D eigenvalue weighted by molar-refractivity contribution is 4.92. The standard InChI is InChI=1S/C14H27NO/c1-16-10-9-15-12-14(7-4-8-14)11-13-5-2-3-6-13/h13,15H,2-12H2,1H3. The molecule has 0 aromatic carbocycles. The lowest BCUT2D eigenvalue weighted by Gasteiger charge is -2.44. The van der Waals surface area contributed by atoms with Gasteiger partial charge in [-0.1, -0.05) is 32.1 Å². The van der Waals surface area contributed by atoms with Crippen LogP contribution in [0.1, 0.15) is 51.4 Å². The van der Waals surface area contributed by atoms with Crippen LogP contribution in [0.25, 0.3) is 0 Å². The molecule has 0 saturated heterocycles. The van der Waals surface area contributed by atoms with E-state index in [1.807, 2.05) is 0 Å². The van der Waals surface area contributed by atoms with Gasteiger partial charge in [-0.05, 0) is 30.6 Å². The number of hydrogen-bond donors (Lipinski definition) is 1. The van der Waals surface area contributed by atoms with Gasteiger partial charge in [-0.3, -0.25) is 0 Å². The fourth-order valence-corrected chi connectivity index (χ4v) is 3.48. The Labute approximate surface area is 100 Å². The van der Waals surface area contributed by atoms with Crippen LogP contribution >= 0.6 is 0 Å². The van der Waals surface area contributed by atoms with Gasteiger partial charge in [0.1, 0.15) is 0 Å². The third kappa shape index (κ3) is 3.21. The summed E-state index contributed by atoms with van der Waals surface area (Å²) in [5.41, 5.74) is 0.669. The summed E-state index contributed by atoms with van der Waals surface area (Å²) in [6.07, 6.45) is 11.8. The smallest absolute Gasteiger partial charge is 0.0587 e. The van der Waals surface area contributed by atoms with Crippen molar-refractivity contribution in [1.29, 1.82) is 0 Å². The van der Waals surface area contributed by atoms with Crippen molar-refractivity contribution in [3.05, 3.63) is 0 Å². The van der Waals surface area contributed by atoms with Crippen molar-refractivity contribution < 1.29 is 4.74 Å². The molecule has 2 saturated carbocycles. The van der Waals surface area contributed by atoms with Crippen molar-refractivity contribution in [3.8, 4) is 0 Å². The summed E-state index contributed by atoms with van der Waals surface area (Å²) in [7, 11) is 1.78. The molecular formula is C14H27NO. The molecule has 2 rings (SSSR count). The molecule has 2 fully saturated rings. The molecule has 0 heterocycles. The van der Waals surface area contributed by atoms with Crippen LogP contribution in [0.4, 0.5) is 0 Å². The van der Waals surface area contributed by atoms with E-state index in [4.69, 9.17) is 4.74 Å². The molecule has 0 aromatic rings. The van der Waals surface area contributed by atoms with Crippen molar-refractivity contribution in [2.45, 2.75) is 51.4 Å². The van der Waals surface area contributed by atoms with Crippen molar-refractivity contribution in [1.82, 2.24) is 5.32 Å². The molecule has 94 valence electrons. The SMILES string of the molecule is COCCNCC1(CC2CCCC2)CCC1. The predicted molar refractivity (Wildman–Crippen MR) is 67.6 cm³/mol. The van der Waals surface area contributed by atoms with Gasteiger partial charge in [0.15, 0.2) is 0 Å². The average Bonchev–Trinajstić information content (AvgIpc) is 2.73. The first-order valence-corrected chi connectivity index (χ1v) is 7.04. The van der Waals surface area contributed by atoms with Crippen LogP contribution in [-0.4, -0.2) is 26.8 Å². The Morgan fingerprint density at radius 2 is 1.94 bits per heavy atom. The molecule has 0 aliphatic heterocycles. The zero-order valence-electron chi connectivity index (χ0n) is 10.8. The zero-order valence-corrected chi connectivity index (χ0v) is 10.8. The van der Waals surface area contributed by atoms with Crippen molar-refractivity contribution in [3.63, 3.8) is 0 Å². The van der Waals surface area contributed by atoms with E-state index in [1.165, 1.54) is 57.9 Å². The predicted octanol–water partition coefficient (Wildman–Crippen LogP) is 2.97. The highest BCUT2D eigenvalue weighted by Crippen LogP contribution is 2.48. The molecular weight excluding hydrogens is 198 g/mol. The summed E-state index contributed by atoms with van der Waals surface area (Å²) in [6.45, 7) is 3.09. The first kappa shape index (κ1) is 12.4. The Morgan fingerprint density at radius 3 is 2.50 bits per heavy atom. The number of methoxy groups -OCH3 is 1. The van der Waals surface area contributed by atoms with Gasteiger partial charge < -0.3 is 10.1 Å². The van der Waals surface area contributed by atoms with Crippen LogP contribution < -0.4 is 5.32 Å². The van der Waals surface area contributed by atoms with E-state index in [0.717, 1.165) is 19.1 Å². The molecule has 0 atom stereocenters. The van der Waals surface area contributed by atoms with E-state index in [1.54, 1.807) is 7.11 Å². The largest absolute Gasteiger partial charge is 0.383 e. The maximum Gasteiger partial charge on any atom is 0.0587 e. The maximum absolute atomic E-state index is 5.08. The highest BCUT2D eigenvalue weighted by Gasteiger charge is 2.38. The first-order chi connectivity index (χ1) is 7.85. The van der Waals surface area contributed by atoms with Crippen LogP contribution in [0, 0.1) is 11.3 Å². The molecule has 2 nitrogen and oxygen atoms in total. The van der Waals surface area contributed by atoms with E-state index in [2.05, 4.69) is 5.32 Å². The van der Waals surface area contributed by atoms with Crippen LogP contribution in [0.5, 0.6) is 0 Å². The van der Waals surface area contributed by atoms with Gasteiger partial charge in [0.25, 0.3) is 0 Å². The second-order valence-electron chi connectivity index (χ2n) is 5.88. The van der Waals surface area contributed by atoms with E-state index in [-0.39, 0.29) is 0 Å². The normalized spacial score (nSPS) is 24.6. The summed E-state index contributed by atoms with van der Waals surface area (Å²) in [5, 5.41) is 3.58. The van der Waals surface area contributed by atoms with E-state index < -0.39 is 0 Å². The summed E-state index contributed by atoms with van der Waals surface area (Å²) in [5.74, 6) is 1.05. The third-order valence-electron chi connectivity index (χ3n) is 4.59. The van der Waals surface area contributed by atoms with Crippen molar-refractivity contribution in [2.75, 3.05) is 26.8 Å². The van der Waals surface area contributed by atoms with Gasteiger partial charge in [-0.25, -0.2) is 0 Å². The Balaban J connectivity index is 1.69. The lowest BCUT2D eigenvalue weighted by molar-refractivity contribution is 0.0885. The summed E-state index contributed by atoms with van der Waals surface area (Å²) in [4.78, 5) is 0. The van der Waals surface area contributed by atoms with Crippen LogP contribution in [-0.2, 0) is 4.74 Å². The third-order valence-corrected chi connectivity index (χ3v) is 4.59. The van der Waals surface area contributed by atoms with Gasteiger partial charge in [-0.2, -0.15) is 0 Å². The molecule has 2 aliphatic carbocycles. The summed E-state index contributed by atoms with van der Waals surface area (Å²) >= 11 is 0. The lowest BCUT2D eigenvalue weighted by Crippen LogP contribution is -2.42. The minimum Gasteiger partial charge on any atom is -0.383 e. The lowest BCUT2D eigenvalue weighted by atomic mass is 9.64. The fraction of sp³-hybridized carbons (Fsp3) is 1.00. The first-order valence-electron chi connectivity index (χ1n) is 7.04. The van der Waals surface area contributed by atoms with E-state index in [9.17, 15) is 0 Å². The van der Waals surface area contributed by atoms with E-state index in [0.29, 0.717) is 5.41 Å². The maximum atomic E-state index is 5.08. The Morgan fingerprint density at radius 1 is 1.19 bits per heavy atom. The quantitative estimate of drug-likeness (QED) is 0.673. The molecule has 16 heavy (non-hydrogen) atoms. The molecule has 0 aromatic heterocycles. The van der Waals surface area contributed by atoms with Crippen LogP contribution in [0.3, 0.4) is 0 Å². The topological polar surface area (TPSA) is 21.3 Å². The zero-order chi connectivity index (χ0) is 11.3. The molecule has 0 radical (unpaired) electrons.